The van der Waals surface area contributed by atoms with E-state index in [-0.39, 0.29) is 5.91 Å². The first-order chi connectivity index (χ1) is 13.1. The molecule has 1 amide bonds. The van der Waals surface area contributed by atoms with E-state index in [0.29, 0.717) is 47.6 Å². The number of nitrogens with two attached hydrogens (primary N) is 1. The number of rotatable bonds is 4. The van der Waals surface area contributed by atoms with Gasteiger partial charge in [0, 0.05) is 29.9 Å². The molecular formula is C19H19N3O4S. The number of carbonyl (C=O) groups is 1. The molecule has 0 unspecified atom stereocenters. The normalized spacial score (nSPS) is 13.0. The topological polar surface area (TPSA) is 95.7 Å². The number of fused-ring (bicyclic) bond motifs is 2. The number of aromatic nitrogens is 1. The number of nitrogens with one attached hydrogen (secondary N) is 1. The molecule has 0 saturated carbocycles. The molecule has 1 aliphatic rings. The van der Waals surface area contributed by atoms with Crippen molar-refractivity contribution in [2.24, 2.45) is 0 Å². The molecule has 0 aliphatic carbocycles. The molecule has 1 aliphatic heterocycles. The molecule has 8 heteroatoms. The van der Waals surface area contributed by atoms with Gasteiger partial charge in [0.2, 0.25) is 0 Å². The number of nitrogens with zero attached hydrogens (tertiary/aromatic N) is 1. The molecule has 140 valence electrons. The lowest BCUT2D eigenvalue weighted by molar-refractivity contribution is 0.103. The number of aryl methyl sites for hydroxylation is 1. The molecule has 7 nitrogen and oxygen atoms in total. The van der Waals surface area contributed by atoms with Crippen LogP contribution in [0.5, 0.6) is 11.5 Å². The zero-order valence-corrected chi connectivity index (χ0v) is 15.8. The molecule has 4 rings (SSSR count). The fourth-order valence-electron chi connectivity index (χ4n) is 3.08. The Bertz CT molecular complexity index is 1030. The molecular weight excluding hydrogens is 366 g/mol. The zero-order valence-electron chi connectivity index (χ0n) is 15.0. The number of hydrogen-bond acceptors (Lipinski definition) is 7. The Morgan fingerprint density at radius 2 is 2.07 bits per heavy atom. The number of thiophene rings is 1. The van der Waals surface area contributed by atoms with Crippen LogP contribution in [0.4, 0.5) is 11.4 Å². The van der Waals surface area contributed by atoms with Gasteiger partial charge in [-0.1, -0.05) is 0 Å². The van der Waals surface area contributed by atoms with Gasteiger partial charge in [0.15, 0.2) is 11.5 Å². The Hall–Kier alpha value is -2.84. The van der Waals surface area contributed by atoms with Gasteiger partial charge in [0.1, 0.15) is 22.9 Å². The second-order valence-corrected chi connectivity index (χ2v) is 7.19. The number of anilines is 2. The highest BCUT2D eigenvalue weighted by molar-refractivity contribution is 7.21. The summed E-state index contributed by atoms with van der Waals surface area (Å²) >= 11 is 1.27. The molecule has 2 aromatic heterocycles. The highest BCUT2D eigenvalue weighted by Gasteiger charge is 2.21. The van der Waals surface area contributed by atoms with Gasteiger partial charge in [-0.2, -0.15) is 0 Å². The van der Waals surface area contributed by atoms with E-state index in [1.165, 1.54) is 11.3 Å². The van der Waals surface area contributed by atoms with Crippen molar-refractivity contribution < 1.29 is 19.0 Å². The van der Waals surface area contributed by atoms with Gasteiger partial charge < -0.3 is 25.3 Å². The minimum Gasteiger partial charge on any atom is -0.486 e. The lowest BCUT2D eigenvalue weighted by atomic mass is 10.1. The molecule has 0 bridgehead atoms. The lowest BCUT2D eigenvalue weighted by Gasteiger charge is -2.18. The maximum Gasteiger partial charge on any atom is 0.267 e. The van der Waals surface area contributed by atoms with E-state index in [4.69, 9.17) is 19.9 Å². The third-order valence-electron chi connectivity index (χ3n) is 4.21. The van der Waals surface area contributed by atoms with Crippen molar-refractivity contribution in [3.63, 3.8) is 0 Å². The monoisotopic (exact) mass is 385 g/mol. The predicted molar refractivity (Wildman–Crippen MR) is 105 cm³/mol. The summed E-state index contributed by atoms with van der Waals surface area (Å²) in [4.78, 5) is 18.5. The first kappa shape index (κ1) is 17.6. The Labute approximate surface area is 160 Å². The lowest BCUT2D eigenvalue weighted by Crippen LogP contribution is -2.16. The van der Waals surface area contributed by atoms with E-state index < -0.39 is 0 Å². The van der Waals surface area contributed by atoms with Crippen molar-refractivity contribution in [3.05, 3.63) is 40.4 Å². The van der Waals surface area contributed by atoms with E-state index in [1.807, 2.05) is 13.0 Å². The second-order valence-electron chi connectivity index (χ2n) is 6.19. The van der Waals surface area contributed by atoms with Crippen molar-refractivity contribution in [2.45, 2.75) is 13.5 Å². The molecule has 1 aromatic carbocycles. The van der Waals surface area contributed by atoms with Crippen LogP contribution >= 0.6 is 11.3 Å². The maximum absolute atomic E-state index is 12.8. The van der Waals surface area contributed by atoms with Gasteiger partial charge in [-0.15, -0.1) is 11.3 Å². The average molecular weight is 385 g/mol. The van der Waals surface area contributed by atoms with Crippen LogP contribution < -0.4 is 20.5 Å². The molecule has 0 fully saturated rings. The van der Waals surface area contributed by atoms with E-state index in [1.54, 1.807) is 25.3 Å². The molecule has 0 spiro atoms. The van der Waals surface area contributed by atoms with Crippen molar-refractivity contribution in [1.82, 2.24) is 4.98 Å². The summed E-state index contributed by atoms with van der Waals surface area (Å²) in [6.45, 7) is 3.32. The Morgan fingerprint density at radius 1 is 1.30 bits per heavy atom. The zero-order chi connectivity index (χ0) is 19.0. The van der Waals surface area contributed by atoms with E-state index >= 15 is 0 Å². The number of ether oxygens (including phenoxy) is 3. The molecule has 3 aromatic rings. The predicted octanol–water partition coefficient (Wildman–Crippen LogP) is 3.36. The summed E-state index contributed by atoms with van der Waals surface area (Å²) in [6.07, 6.45) is 0. The van der Waals surface area contributed by atoms with Crippen LogP contribution in [0.1, 0.15) is 20.9 Å². The highest BCUT2D eigenvalue weighted by Crippen LogP contribution is 2.37. The van der Waals surface area contributed by atoms with E-state index in [9.17, 15) is 4.79 Å². The standard InChI is InChI=1S/C19H19N3O4S/c1-10-7-11(9-24-2)15-16(20)17(27-19(15)21-10)18(23)22-12-3-4-13-14(8-12)26-6-5-25-13/h3-4,7-8H,5-6,9,20H2,1-2H3,(H,22,23). The van der Waals surface area contributed by atoms with Gasteiger partial charge in [-0.05, 0) is 30.7 Å². The summed E-state index contributed by atoms with van der Waals surface area (Å²) in [5, 5.41) is 3.65. The second kappa shape index (κ2) is 7.05. The third kappa shape index (κ3) is 3.29. The van der Waals surface area contributed by atoms with E-state index in [0.717, 1.165) is 21.5 Å². The highest BCUT2D eigenvalue weighted by atomic mass is 32.1. The van der Waals surface area contributed by atoms with Crippen molar-refractivity contribution in [2.75, 3.05) is 31.4 Å². The number of nitrogen functional groups attached to an aromatic ring is 1. The quantitative estimate of drug-likeness (QED) is 0.715. The third-order valence-corrected chi connectivity index (χ3v) is 5.31. The maximum atomic E-state index is 12.8. The van der Waals surface area contributed by atoms with Crippen molar-refractivity contribution in [1.29, 1.82) is 0 Å². The molecule has 0 radical (unpaired) electrons. The van der Waals surface area contributed by atoms with Crippen LogP contribution in [0, 0.1) is 6.92 Å². The van der Waals surface area contributed by atoms with Crippen LogP contribution in [-0.4, -0.2) is 31.2 Å². The Morgan fingerprint density at radius 3 is 2.85 bits per heavy atom. The number of methoxy groups -OCH3 is 1. The molecule has 0 atom stereocenters. The number of benzene rings is 1. The number of hydrogen-bond donors (Lipinski definition) is 2. The van der Waals surface area contributed by atoms with E-state index in [2.05, 4.69) is 10.3 Å². The number of amides is 1. The number of carbonyl (C=O) groups excluding carboxylic acids is 1. The smallest absolute Gasteiger partial charge is 0.267 e. The Kier molecular flexibility index (Phi) is 4.59. The average Bonchev–Trinajstić information content (AvgIpc) is 2.98. The summed E-state index contributed by atoms with van der Waals surface area (Å²) < 4.78 is 16.3. The van der Waals surface area contributed by atoms with Crippen LogP contribution in [-0.2, 0) is 11.3 Å². The van der Waals surface area contributed by atoms with Crippen molar-refractivity contribution in [3.8, 4) is 11.5 Å². The summed E-state index contributed by atoms with van der Waals surface area (Å²) in [5.41, 5.74) is 9.11. The first-order valence-electron chi connectivity index (χ1n) is 8.45. The number of pyridine rings is 1. The van der Waals surface area contributed by atoms with Gasteiger partial charge in [-0.3, -0.25) is 4.79 Å². The molecule has 3 heterocycles. The minimum absolute atomic E-state index is 0.284. The summed E-state index contributed by atoms with van der Waals surface area (Å²) in [6, 6.07) is 7.22. The first-order valence-corrected chi connectivity index (χ1v) is 9.27. The summed E-state index contributed by atoms with van der Waals surface area (Å²) in [7, 11) is 1.62. The van der Waals surface area contributed by atoms with Crippen LogP contribution in [0.2, 0.25) is 0 Å². The van der Waals surface area contributed by atoms with Gasteiger partial charge in [0.05, 0.1) is 12.3 Å². The largest absolute Gasteiger partial charge is 0.486 e. The van der Waals surface area contributed by atoms with Gasteiger partial charge in [-0.25, -0.2) is 4.98 Å². The van der Waals surface area contributed by atoms with Crippen LogP contribution in [0.3, 0.4) is 0 Å². The van der Waals surface area contributed by atoms with Gasteiger partial charge in [0.25, 0.3) is 5.91 Å². The fraction of sp³-hybridized carbons (Fsp3) is 0.263. The Balaban J connectivity index is 1.67. The fourth-order valence-corrected chi connectivity index (χ4v) is 4.17. The minimum atomic E-state index is -0.284. The SMILES string of the molecule is COCc1cc(C)nc2sc(C(=O)Nc3ccc4c(c3)OCCO4)c(N)c12. The van der Waals surface area contributed by atoms with Crippen molar-refractivity contribution >= 4 is 38.8 Å². The van der Waals surface area contributed by atoms with Crippen LogP contribution in [0.15, 0.2) is 24.3 Å². The molecule has 27 heavy (non-hydrogen) atoms. The molecule has 0 saturated heterocycles. The molecule has 3 N–H and O–H groups in total. The van der Waals surface area contributed by atoms with Crippen LogP contribution in [0.25, 0.3) is 10.2 Å². The summed E-state index contributed by atoms with van der Waals surface area (Å²) in [5.74, 6) is 1.00. The van der Waals surface area contributed by atoms with Gasteiger partial charge >= 0.3 is 0 Å².